The summed E-state index contributed by atoms with van der Waals surface area (Å²) in [6.45, 7) is 10.9. The first-order valence-corrected chi connectivity index (χ1v) is 10.5. The second-order valence-electron chi connectivity index (χ2n) is 8.39. The summed E-state index contributed by atoms with van der Waals surface area (Å²) in [5, 5.41) is 0. The lowest BCUT2D eigenvalue weighted by atomic mass is 9.94. The van der Waals surface area contributed by atoms with Crippen molar-refractivity contribution < 1.29 is 4.74 Å². The van der Waals surface area contributed by atoms with Gasteiger partial charge in [0.05, 0.1) is 7.11 Å². The number of anilines is 1. The molecule has 0 saturated heterocycles. The molecule has 3 nitrogen and oxygen atoms in total. The fourth-order valence-electron chi connectivity index (χ4n) is 3.31. The Balaban J connectivity index is 2.05. The normalized spacial score (nSPS) is 11.7. The maximum Gasteiger partial charge on any atom is 0.124 e. The van der Waals surface area contributed by atoms with Crippen molar-refractivity contribution >= 4 is 5.69 Å². The molecule has 0 atom stereocenters. The van der Waals surface area contributed by atoms with Gasteiger partial charge in [0.25, 0.3) is 0 Å². The van der Waals surface area contributed by atoms with Crippen molar-refractivity contribution in [3.8, 4) is 5.75 Å². The summed E-state index contributed by atoms with van der Waals surface area (Å²) in [5.74, 6) is 0.984. The molecule has 0 saturated carbocycles. The van der Waals surface area contributed by atoms with E-state index in [4.69, 9.17) is 4.74 Å². The molecule has 2 aromatic rings. The standard InChI is InChI=1S/C25H38N2O/c1-8-22-14-15-23(18-24(22)28-7)27(9-2)19-21-12-10-20(11-13-21)16-17-25(3,4)26(5)6/h10-15,18H,8-9,16-17,19H2,1-7H3. The number of aryl methyl sites for hydroxylation is 2. The van der Waals surface area contributed by atoms with Crippen molar-refractivity contribution in [3.63, 3.8) is 0 Å². The molecule has 0 heterocycles. The SMILES string of the molecule is CCc1ccc(N(CC)Cc2ccc(CCC(C)(C)N(C)C)cc2)cc1OC. The topological polar surface area (TPSA) is 15.7 Å². The smallest absolute Gasteiger partial charge is 0.124 e. The van der Waals surface area contributed by atoms with Crippen LogP contribution in [0, 0.1) is 0 Å². The molecule has 0 spiro atoms. The summed E-state index contributed by atoms with van der Waals surface area (Å²) in [7, 11) is 6.07. The molecular formula is C25H38N2O. The molecule has 0 aliphatic rings. The van der Waals surface area contributed by atoms with Crippen molar-refractivity contribution in [2.24, 2.45) is 0 Å². The van der Waals surface area contributed by atoms with E-state index in [9.17, 15) is 0 Å². The van der Waals surface area contributed by atoms with Crippen LogP contribution in [0.4, 0.5) is 5.69 Å². The minimum absolute atomic E-state index is 0.224. The molecule has 2 aromatic carbocycles. The van der Waals surface area contributed by atoms with Gasteiger partial charge in [0, 0.05) is 30.4 Å². The van der Waals surface area contributed by atoms with Gasteiger partial charge < -0.3 is 14.5 Å². The molecule has 0 aliphatic carbocycles. The summed E-state index contributed by atoms with van der Waals surface area (Å²) in [4.78, 5) is 4.70. The molecule has 0 N–H and O–H groups in total. The maximum absolute atomic E-state index is 5.58. The number of methoxy groups -OCH3 is 1. The van der Waals surface area contributed by atoms with E-state index in [0.29, 0.717) is 0 Å². The van der Waals surface area contributed by atoms with E-state index in [0.717, 1.165) is 38.1 Å². The Bertz CT molecular complexity index is 735. The van der Waals surface area contributed by atoms with Crippen LogP contribution in [-0.4, -0.2) is 38.2 Å². The van der Waals surface area contributed by atoms with E-state index in [2.05, 4.69) is 94.1 Å². The lowest BCUT2D eigenvalue weighted by molar-refractivity contribution is 0.182. The van der Waals surface area contributed by atoms with Gasteiger partial charge >= 0.3 is 0 Å². The molecule has 0 aliphatic heterocycles. The van der Waals surface area contributed by atoms with Gasteiger partial charge in [-0.2, -0.15) is 0 Å². The third-order valence-electron chi connectivity index (χ3n) is 6.03. The molecule has 0 amide bonds. The predicted molar refractivity (Wildman–Crippen MR) is 122 cm³/mol. The first kappa shape index (κ1) is 22.3. The zero-order valence-corrected chi connectivity index (χ0v) is 18.9. The number of nitrogens with zero attached hydrogens (tertiary/aromatic N) is 2. The number of rotatable bonds is 10. The molecule has 0 unspecified atom stereocenters. The van der Waals surface area contributed by atoms with E-state index in [1.54, 1.807) is 7.11 Å². The summed E-state index contributed by atoms with van der Waals surface area (Å²) in [6.07, 6.45) is 3.25. The Morgan fingerprint density at radius 1 is 0.929 bits per heavy atom. The lowest BCUT2D eigenvalue weighted by Gasteiger charge is -2.32. The highest BCUT2D eigenvalue weighted by atomic mass is 16.5. The third kappa shape index (κ3) is 5.75. The highest BCUT2D eigenvalue weighted by Gasteiger charge is 2.19. The number of hydrogen-bond acceptors (Lipinski definition) is 3. The van der Waals surface area contributed by atoms with Crippen molar-refractivity contribution in [3.05, 3.63) is 59.2 Å². The molecule has 0 aromatic heterocycles. The Kier molecular flexibility index (Phi) is 7.94. The second kappa shape index (κ2) is 9.97. The fourth-order valence-corrected chi connectivity index (χ4v) is 3.31. The van der Waals surface area contributed by atoms with Gasteiger partial charge in [0.15, 0.2) is 0 Å². The molecule has 2 rings (SSSR count). The van der Waals surface area contributed by atoms with Crippen LogP contribution in [0.2, 0.25) is 0 Å². The van der Waals surface area contributed by atoms with Gasteiger partial charge in [0.1, 0.15) is 5.75 Å². The first-order valence-electron chi connectivity index (χ1n) is 10.5. The van der Waals surface area contributed by atoms with Gasteiger partial charge in [-0.1, -0.05) is 37.3 Å². The van der Waals surface area contributed by atoms with Crippen molar-refractivity contribution in [2.75, 3.05) is 32.6 Å². The van der Waals surface area contributed by atoms with E-state index in [1.807, 2.05) is 0 Å². The third-order valence-corrected chi connectivity index (χ3v) is 6.03. The average molecular weight is 383 g/mol. The number of hydrogen-bond donors (Lipinski definition) is 0. The fraction of sp³-hybridized carbons (Fsp3) is 0.520. The van der Waals surface area contributed by atoms with Crippen LogP contribution in [0.25, 0.3) is 0 Å². The van der Waals surface area contributed by atoms with E-state index in [1.165, 1.54) is 22.4 Å². The zero-order chi connectivity index (χ0) is 20.7. The van der Waals surface area contributed by atoms with E-state index >= 15 is 0 Å². The molecular weight excluding hydrogens is 344 g/mol. The highest BCUT2D eigenvalue weighted by Crippen LogP contribution is 2.27. The summed E-state index contributed by atoms with van der Waals surface area (Å²) >= 11 is 0. The lowest BCUT2D eigenvalue weighted by Crippen LogP contribution is -2.38. The van der Waals surface area contributed by atoms with Crippen LogP contribution in [0.1, 0.15) is 50.8 Å². The molecule has 0 radical (unpaired) electrons. The molecule has 154 valence electrons. The summed E-state index contributed by atoms with van der Waals surface area (Å²) < 4.78 is 5.58. The second-order valence-corrected chi connectivity index (χ2v) is 8.39. The van der Waals surface area contributed by atoms with Crippen LogP contribution >= 0.6 is 0 Å². The maximum atomic E-state index is 5.58. The van der Waals surface area contributed by atoms with Gasteiger partial charge in [-0.15, -0.1) is 0 Å². The van der Waals surface area contributed by atoms with Crippen molar-refractivity contribution in [1.29, 1.82) is 0 Å². The Labute approximate surface area is 172 Å². The predicted octanol–water partition coefficient (Wildman–Crippen LogP) is 5.56. The quantitative estimate of drug-likeness (QED) is 0.535. The van der Waals surface area contributed by atoms with Crippen LogP contribution in [0.5, 0.6) is 5.75 Å². The van der Waals surface area contributed by atoms with Crippen molar-refractivity contribution in [2.45, 2.75) is 59.0 Å². The first-order chi connectivity index (χ1) is 13.3. The molecule has 0 bridgehead atoms. The minimum atomic E-state index is 0.224. The van der Waals surface area contributed by atoms with Crippen molar-refractivity contribution in [1.82, 2.24) is 4.90 Å². The van der Waals surface area contributed by atoms with Crippen LogP contribution in [-0.2, 0) is 19.4 Å². The Morgan fingerprint density at radius 2 is 1.57 bits per heavy atom. The molecule has 3 heteroatoms. The van der Waals surface area contributed by atoms with Gasteiger partial charge in [-0.05, 0) is 76.9 Å². The molecule has 0 fully saturated rings. The summed E-state index contributed by atoms with van der Waals surface area (Å²) in [6, 6.07) is 15.7. The monoisotopic (exact) mass is 382 g/mol. The van der Waals surface area contributed by atoms with Crippen LogP contribution < -0.4 is 9.64 Å². The van der Waals surface area contributed by atoms with Crippen LogP contribution in [0.3, 0.4) is 0 Å². The van der Waals surface area contributed by atoms with Gasteiger partial charge in [-0.3, -0.25) is 0 Å². The largest absolute Gasteiger partial charge is 0.496 e. The minimum Gasteiger partial charge on any atom is -0.496 e. The number of benzene rings is 2. The number of ether oxygens (including phenoxy) is 1. The molecule has 28 heavy (non-hydrogen) atoms. The summed E-state index contributed by atoms with van der Waals surface area (Å²) in [5.41, 5.74) is 5.45. The zero-order valence-electron chi connectivity index (χ0n) is 18.9. The van der Waals surface area contributed by atoms with Gasteiger partial charge in [0.2, 0.25) is 0 Å². The Morgan fingerprint density at radius 3 is 2.11 bits per heavy atom. The average Bonchev–Trinajstić information content (AvgIpc) is 2.70. The van der Waals surface area contributed by atoms with Gasteiger partial charge in [-0.25, -0.2) is 0 Å². The van der Waals surface area contributed by atoms with E-state index < -0.39 is 0 Å². The van der Waals surface area contributed by atoms with E-state index in [-0.39, 0.29) is 5.54 Å². The Hall–Kier alpha value is -2.00. The highest BCUT2D eigenvalue weighted by molar-refractivity contribution is 5.54. The van der Waals surface area contributed by atoms with Crippen LogP contribution in [0.15, 0.2) is 42.5 Å².